The standard InChI is InChI=1S/C21H24N2O5S/c24-20(14-27-17-6-2-1-3-7-17)23-12-10-21(11-13-23)15-22-29(25,26)19-9-5-4-8-18(19)28-16-21/h1-9,22H,10-16H2. The zero-order chi connectivity index (χ0) is 20.3. The maximum absolute atomic E-state index is 12.6. The summed E-state index contributed by atoms with van der Waals surface area (Å²) in [6, 6.07) is 15.9. The predicted molar refractivity (Wildman–Crippen MR) is 107 cm³/mol. The fourth-order valence-electron chi connectivity index (χ4n) is 3.70. The Morgan fingerprint density at radius 1 is 1.07 bits per heavy atom. The largest absolute Gasteiger partial charge is 0.492 e. The molecule has 1 saturated heterocycles. The van der Waals surface area contributed by atoms with E-state index in [4.69, 9.17) is 9.47 Å². The molecule has 0 bridgehead atoms. The van der Waals surface area contributed by atoms with Crippen molar-refractivity contribution in [1.29, 1.82) is 0 Å². The molecule has 0 unspecified atom stereocenters. The quantitative estimate of drug-likeness (QED) is 0.828. The molecule has 1 spiro atoms. The monoisotopic (exact) mass is 416 g/mol. The van der Waals surface area contributed by atoms with E-state index in [2.05, 4.69) is 4.72 Å². The first-order chi connectivity index (χ1) is 14.0. The second-order valence-electron chi connectivity index (χ2n) is 7.54. The SMILES string of the molecule is O=C(COc1ccccc1)N1CCC2(CC1)CNS(=O)(=O)c1ccccc1OC2. The number of carbonyl (C=O) groups excluding carboxylic acids is 1. The highest BCUT2D eigenvalue weighted by Gasteiger charge is 2.39. The van der Waals surface area contributed by atoms with Gasteiger partial charge in [0.2, 0.25) is 10.0 Å². The lowest BCUT2D eigenvalue weighted by molar-refractivity contribution is -0.136. The van der Waals surface area contributed by atoms with Crippen molar-refractivity contribution in [1.82, 2.24) is 9.62 Å². The lowest BCUT2D eigenvalue weighted by Crippen LogP contribution is -2.52. The van der Waals surface area contributed by atoms with Crippen LogP contribution in [-0.2, 0) is 14.8 Å². The van der Waals surface area contributed by atoms with Crippen molar-refractivity contribution in [3.8, 4) is 11.5 Å². The van der Waals surface area contributed by atoms with E-state index in [1.807, 2.05) is 30.3 Å². The third-order valence-electron chi connectivity index (χ3n) is 5.59. The average molecular weight is 416 g/mol. The number of piperidine rings is 1. The average Bonchev–Trinajstić information content (AvgIpc) is 2.75. The Morgan fingerprint density at radius 3 is 2.52 bits per heavy atom. The summed E-state index contributed by atoms with van der Waals surface area (Å²) in [5.41, 5.74) is -0.336. The summed E-state index contributed by atoms with van der Waals surface area (Å²) < 4.78 is 39.4. The molecular formula is C21H24N2O5S. The molecule has 7 nitrogen and oxygen atoms in total. The van der Waals surface area contributed by atoms with Gasteiger partial charge in [-0.2, -0.15) is 0 Å². The van der Waals surface area contributed by atoms with E-state index in [-0.39, 0.29) is 22.8 Å². The first-order valence-electron chi connectivity index (χ1n) is 9.65. The molecule has 154 valence electrons. The molecule has 2 aliphatic rings. The van der Waals surface area contributed by atoms with Crippen LogP contribution in [0, 0.1) is 5.41 Å². The van der Waals surface area contributed by atoms with Gasteiger partial charge >= 0.3 is 0 Å². The number of benzene rings is 2. The maximum atomic E-state index is 12.6. The summed E-state index contributed by atoms with van der Waals surface area (Å²) in [5.74, 6) is 0.964. The number of likely N-dealkylation sites (tertiary alicyclic amines) is 1. The molecule has 1 amide bonds. The van der Waals surface area contributed by atoms with Crippen molar-refractivity contribution in [2.24, 2.45) is 5.41 Å². The van der Waals surface area contributed by atoms with Crippen LogP contribution in [0.1, 0.15) is 12.8 Å². The summed E-state index contributed by atoms with van der Waals surface area (Å²) in [5, 5.41) is 0. The van der Waals surface area contributed by atoms with E-state index in [0.29, 0.717) is 50.6 Å². The molecule has 2 aliphatic heterocycles. The number of hydrogen-bond donors (Lipinski definition) is 1. The zero-order valence-electron chi connectivity index (χ0n) is 16.0. The normalized spacial score (nSPS) is 20.1. The van der Waals surface area contributed by atoms with Gasteiger partial charge in [0.15, 0.2) is 6.61 Å². The number of amides is 1. The van der Waals surface area contributed by atoms with Crippen LogP contribution in [0.25, 0.3) is 0 Å². The van der Waals surface area contributed by atoms with E-state index in [0.717, 1.165) is 0 Å². The Morgan fingerprint density at radius 2 is 1.76 bits per heavy atom. The number of fused-ring (bicyclic) bond motifs is 1. The van der Waals surface area contributed by atoms with Gasteiger partial charge < -0.3 is 14.4 Å². The van der Waals surface area contributed by atoms with Crippen molar-refractivity contribution in [2.45, 2.75) is 17.7 Å². The third-order valence-corrected chi connectivity index (χ3v) is 7.03. The molecule has 1 fully saturated rings. The van der Waals surface area contributed by atoms with Gasteiger partial charge in [0.25, 0.3) is 5.91 Å². The highest BCUT2D eigenvalue weighted by Crippen LogP contribution is 2.35. The van der Waals surface area contributed by atoms with Crippen LogP contribution < -0.4 is 14.2 Å². The van der Waals surface area contributed by atoms with Crippen LogP contribution in [-0.4, -0.2) is 52.1 Å². The fourth-order valence-corrected chi connectivity index (χ4v) is 5.01. The molecule has 8 heteroatoms. The summed E-state index contributed by atoms with van der Waals surface area (Å²) >= 11 is 0. The fraction of sp³-hybridized carbons (Fsp3) is 0.381. The van der Waals surface area contributed by atoms with Crippen LogP contribution in [0.4, 0.5) is 0 Å². The number of nitrogens with one attached hydrogen (secondary N) is 1. The van der Waals surface area contributed by atoms with Gasteiger partial charge in [-0.1, -0.05) is 30.3 Å². The van der Waals surface area contributed by atoms with Gasteiger partial charge in [0.05, 0.1) is 6.61 Å². The van der Waals surface area contributed by atoms with Gasteiger partial charge in [-0.15, -0.1) is 0 Å². The maximum Gasteiger partial charge on any atom is 0.260 e. The van der Waals surface area contributed by atoms with E-state index in [1.165, 1.54) is 0 Å². The number of sulfonamides is 1. The Hall–Kier alpha value is -2.58. The molecule has 2 heterocycles. The van der Waals surface area contributed by atoms with Crippen molar-refractivity contribution in [3.05, 3.63) is 54.6 Å². The smallest absolute Gasteiger partial charge is 0.260 e. The van der Waals surface area contributed by atoms with Crippen LogP contribution in [0.2, 0.25) is 0 Å². The minimum Gasteiger partial charge on any atom is -0.492 e. The van der Waals surface area contributed by atoms with Crippen LogP contribution in [0.3, 0.4) is 0 Å². The molecule has 29 heavy (non-hydrogen) atoms. The van der Waals surface area contributed by atoms with E-state index in [9.17, 15) is 13.2 Å². The minimum atomic E-state index is -3.62. The number of ether oxygens (including phenoxy) is 2. The summed E-state index contributed by atoms with van der Waals surface area (Å²) in [6.45, 7) is 1.79. The second-order valence-corrected chi connectivity index (χ2v) is 9.28. The Bertz CT molecular complexity index is 970. The molecule has 2 aromatic carbocycles. The first-order valence-corrected chi connectivity index (χ1v) is 11.1. The molecule has 0 atom stereocenters. The highest BCUT2D eigenvalue weighted by molar-refractivity contribution is 7.89. The molecule has 4 rings (SSSR count). The number of rotatable bonds is 3. The van der Waals surface area contributed by atoms with Crippen molar-refractivity contribution in [2.75, 3.05) is 32.8 Å². The Balaban J connectivity index is 1.38. The zero-order valence-corrected chi connectivity index (χ0v) is 16.9. The van der Waals surface area contributed by atoms with E-state index >= 15 is 0 Å². The van der Waals surface area contributed by atoms with Gasteiger partial charge in [-0.05, 0) is 37.1 Å². The molecule has 0 radical (unpaired) electrons. The van der Waals surface area contributed by atoms with Gasteiger partial charge in [-0.25, -0.2) is 13.1 Å². The van der Waals surface area contributed by atoms with Crippen LogP contribution in [0.15, 0.2) is 59.5 Å². The summed E-state index contributed by atoms with van der Waals surface area (Å²) in [7, 11) is -3.62. The predicted octanol–water partition coefficient (Wildman–Crippen LogP) is 2.05. The number of nitrogens with zero attached hydrogens (tertiary/aromatic N) is 1. The third kappa shape index (κ3) is 4.38. The molecule has 1 N–H and O–H groups in total. The van der Waals surface area contributed by atoms with Crippen molar-refractivity contribution in [3.63, 3.8) is 0 Å². The Labute approximate surface area is 170 Å². The topological polar surface area (TPSA) is 84.9 Å². The molecule has 0 aromatic heterocycles. The minimum absolute atomic E-state index is 0.00643. The van der Waals surface area contributed by atoms with Gasteiger partial charge in [0.1, 0.15) is 16.4 Å². The lowest BCUT2D eigenvalue weighted by atomic mass is 9.79. The van der Waals surface area contributed by atoms with Gasteiger partial charge in [-0.3, -0.25) is 4.79 Å². The number of carbonyl (C=O) groups is 1. The lowest BCUT2D eigenvalue weighted by Gasteiger charge is -2.42. The summed E-state index contributed by atoms with van der Waals surface area (Å²) in [6.07, 6.45) is 1.32. The molecule has 2 aromatic rings. The molecule has 0 saturated carbocycles. The first kappa shape index (κ1) is 19.7. The van der Waals surface area contributed by atoms with Crippen LogP contribution >= 0.6 is 0 Å². The van der Waals surface area contributed by atoms with Crippen molar-refractivity contribution < 1.29 is 22.7 Å². The molecular weight excluding hydrogens is 392 g/mol. The van der Waals surface area contributed by atoms with E-state index in [1.54, 1.807) is 29.2 Å². The highest BCUT2D eigenvalue weighted by atomic mass is 32.2. The van der Waals surface area contributed by atoms with Crippen molar-refractivity contribution >= 4 is 15.9 Å². The van der Waals surface area contributed by atoms with E-state index < -0.39 is 10.0 Å². The Kier molecular flexibility index (Phi) is 5.47. The van der Waals surface area contributed by atoms with Gasteiger partial charge in [0, 0.05) is 25.0 Å². The second kappa shape index (κ2) is 8.04. The molecule has 0 aliphatic carbocycles. The number of hydrogen-bond acceptors (Lipinski definition) is 5. The van der Waals surface area contributed by atoms with Crippen LogP contribution in [0.5, 0.6) is 11.5 Å². The number of para-hydroxylation sites is 2. The summed E-state index contributed by atoms with van der Waals surface area (Å²) in [4.78, 5) is 14.4.